The van der Waals surface area contributed by atoms with Gasteiger partial charge in [-0.2, -0.15) is 5.26 Å². The molecule has 0 fully saturated rings. The van der Waals surface area contributed by atoms with Crippen molar-refractivity contribution in [2.45, 2.75) is 13.3 Å². The molecule has 1 aromatic heterocycles. The molecule has 0 radical (unpaired) electrons. The molecule has 0 spiro atoms. The molecule has 0 amide bonds. The second-order valence-electron chi connectivity index (χ2n) is 6.48. The van der Waals surface area contributed by atoms with Gasteiger partial charge >= 0.3 is 0 Å². The summed E-state index contributed by atoms with van der Waals surface area (Å²) >= 11 is 0. The van der Waals surface area contributed by atoms with Crippen molar-refractivity contribution in [3.05, 3.63) is 47.7 Å². The van der Waals surface area contributed by atoms with Crippen molar-refractivity contribution in [3.8, 4) is 11.9 Å². The first-order valence-corrected chi connectivity index (χ1v) is 11.1. The summed E-state index contributed by atoms with van der Waals surface area (Å²) in [4.78, 5) is 8.37. The molecule has 0 saturated carbocycles. The van der Waals surface area contributed by atoms with Crippen LogP contribution in [-0.2, 0) is 10.0 Å². The number of nitrogens with one attached hydrogen (secondary N) is 2. The molecule has 1 heterocycles. The molecule has 12 heteroatoms. The van der Waals surface area contributed by atoms with E-state index in [4.69, 9.17) is 4.74 Å². The van der Waals surface area contributed by atoms with E-state index in [9.17, 15) is 26.9 Å². The molecule has 3 rings (SSSR count). The first-order chi connectivity index (χ1) is 15.3. The van der Waals surface area contributed by atoms with Crippen LogP contribution in [0.1, 0.15) is 18.9 Å². The zero-order valence-electron chi connectivity index (χ0n) is 16.8. The summed E-state index contributed by atoms with van der Waals surface area (Å²) in [5.74, 6) is -2.64. The quantitative estimate of drug-likeness (QED) is 0.490. The van der Waals surface area contributed by atoms with E-state index in [0.717, 1.165) is 12.1 Å². The van der Waals surface area contributed by atoms with Gasteiger partial charge in [0.1, 0.15) is 28.7 Å². The van der Waals surface area contributed by atoms with Crippen molar-refractivity contribution in [3.63, 3.8) is 0 Å². The summed E-state index contributed by atoms with van der Waals surface area (Å²) in [7, 11) is -4.04. The van der Waals surface area contributed by atoms with Gasteiger partial charge in [-0.05, 0) is 37.6 Å². The van der Waals surface area contributed by atoms with Crippen LogP contribution in [0, 0.1) is 23.0 Å². The Morgan fingerprint density at radius 1 is 1.19 bits per heavy atom. The number of rotatable bonds is 9. The van der Waals surface area contributed by atoms with Crippen molar-refractivity contribution < 1.29 is 26.3 Å². The van der Waals surface area contributed by atoms with E-state index in [2.05, 4.69) is 15.3 Å². The number of alkyl halides is 1. The zero-order chi connectivity index (χ0) is 23.3. The monoisotopic (exact) mass is 465 g/mol. The van der Waals surface area contributed by atoms with E-state index < -0.39 is 45.5 Å². The van der Waals surface area contributed by atoms with Gasteiger partial charge in [0.25, 0.3) is 0 Å². The molecule has 168 valence electrons. The number of sulfonamides is 1. The van der Waals surface area contributed by atoms with Crippen molar-refractivity contribution >= 4 is 38.1 Å². The van der Waals surface area contributed by atoms with Gasteiger partial charge in [0.05, 0.1) is 42.1 Å². The SMILES string of the molecule is CCOc1cnc2ccc(Nc3c(F)ccc(NS(=O)(=O)CCCF)c3F)c(C#N)c2n1. The third-order valence-corrected chi connectivity index (χ3v) is 5.62. The summed E-state index contributed by atoms with van der Waals surface area (Å²) in [6, 6.07) is 6.60. The molecule has 0 saturated heterocycles. The van der Waals surface area contributed by atoms with Crippen LogP contribution < -0.4 is 14.8 Å². The molecule has 0 aliphatic heterocycles. The van der Waals surface area contributed by atoms with Gasteiger partial charge in [-0.25, -0.2) is 27.2 Å². The molecule has 0 aliphatic carbocycles. The minimum absolute atomic E-state index is 0.0261. The Labute approximate surface area is 182 Å². The van der Waals surface area contributed by atoms with Crippen LogP contribution in [0.15, 0.2) is 30.5 Å². The number of anilines is 3. The predicted octanol–water partition coefficient (Wildman–Crippen LogP) is 4.02. The topological polar surface area (TPSA) is 117 Å². The Bertz CT molecular complexity index is 1300. The lowest BCUT2D eigenvalue weighted by molar-refractivity contribution is 0.326. The summed E-state index contributed by atoms with van der Waals surface area (Å²) < 4.78 is 72.8. The number of hydrogen-bond donors (Lipinski definition) is 2. The van der Waals surface area contributed by atoms with E-state index >= 15 is 0 Å². The zero-order valence-corrected chi connectivity index (χ0v) is 17.6. The molecule has 2 aromatic carbocycles. The fraction of sp³-hybridized carbons (Fsp3) is 0.250. The van der Waals surface area contributed by atoms with Crippen LogP contribution >= 0.6 is 0 Å². The molecular weight excluding hydrogens is 447 g/mol. The predicted molar refractivity (Wildman–Crippen MR) is 113 cm³/mol. The van der Waals surface area contributed by atoms with Crippen LogP contribution in [0.3, 0.4) is 0 Å². The Balaban J connectivity index is 2.02. The van der Waals surface area contributed by atoms with Gasteiger partial charge in [-0.3, -0.25) is 9.11 Å². The Morgan fingerprint density at radius 3 is 2.62 bits per heavy atom. The number of fused-ring (bicyclic) bond motifs is 1. The number of hydrogen-bond acceptors (Lipinski definition) is 7. The second kappa shape index (κ2) is 9.69. The van der Waals surface area contributed by atoms with E-state index in [-0.39, 0.29) is 29.1 Å². The lowest BCUT2D eigenvalue weighted by Crippen LogP contribution is -2.18. The molecule has 3 aromatic rings. The lowest BCUT2D eigenvalue weighted by Gasteiger charge is -2.15. The fourth-order valence-electron chi connectivity index (χ4n) is 2.84. The van der Waals surface area contributed by atoms with E-state index in [1.165, 1.54) is 18.3 Å². The number of nitrogens with zero attached hydrogens (tertiary/aromatic N) is 3. The van der Waals surface area contributed by atoms with Crippen LogP contribution in [-0.4, -0.2) is 37.4 Å². The van der Waals surface area contributed by atoms with Gasteiger partial charge in [-0.15, -0.1) is 0 Å². The number of ether oxygens (including phenoxy) is 1. The molecule has 8 nitrogen and oxygen atoms in total. The van der Waals surface area contributed by atoms with E-state index in [1.54, 1.807) is 6.92 Å². The number of benzene rings is 2. The minimum atomic E-state index is -4.04. The molecule has 0 unspecified atom stereocenters. The van der Waals surface area contributed by atoms with Gasteiger partial charge in [0.2, 0.25) is 15.9 Å². The molecule has 0 bridgehead atoms. The third-order valence-electron chi connectivity index (χ3n) is 4.26. The van der Waals surface area contributed by atoms with Gasteiger partial charge < -0.3 is 10.1 Å². The maximum absolute atomic E-state index is 15.0. The van der Waals surface area contributed by atoms with Crippen LogP contribution in [0.25, 0.3) is 11.0 Å². The number of nitriles is 1. The van der Waals surface area contributed by atoms with Crippen LogP contribution in [0.2, 0.25) is 0 Å². The summed E-state index contributed by atoms with van der Waals surface area (Å²) in [5, 5.41) is 12.1. The standard InChI is InChI=1S/C20H18F3N5O3S/c1-2-31-17-11-25-16-7-6-14(12(10-24)19(16)27-17)26-20-13(22)4-5-15(18(20)23)28-32(29,30)9-3-8-21/h4-7,11,26,28H,2-3,8-9H2,1H3. The Hall–Kier alpha value is -3.59. The van der Waals surface area contributed by atoms with Crippen molar-refractivity contribution in [2.75, 3.05) is 29.1 Å². The van der Waals surface area contributed by atoms with Crippen LogP contribution in [0.5, 0.6) is 5.88 Å². The highest BCUT2D eigenvalue weighted by Crippen LogP contribution is 2.32. The van der Waals surface area contributed by atoms with Gasteiger partial charge in [0.15, 0.2) is 5.82 Å². The lowest BCUT2D eigenvalue weighted by atomic mass is 10.1. The van der Waals surface area contributed by atoms with Gasteiger partial charge in [-0.1, -0.05) is 0 Å². The molecule has 32 heavy (non-hydrogen) atoms. The Kier molecular flexibility index (Phi) is 6.99. The normalized spacial score (nSPS) is 11.2. The average molecular weight is 465 g/mol. The van der Waals surface area contributed by atoms with E-state index in [1.807, 2.05) is 10.8 Å². The van der Waals surface area contributed by atoms with Crippen molar-refractivity contribution in [1.29, 1.82) is 5.26 Å². The second-order valence-corrected chi connectivity index (χ2v) is 8.32. The summed E-state index contributed by atoms with van der Waals surface area (Å²) in [5.41, 5.74) is -0.688. The number of halogens is 3. The van der Waals surface area contributed by atoms with E-state index in [0.29, 0.717) is 12.1 Å². The molecule has 0 atom stereocenters. The smallest absolute Gasteiger partial charge is 0.232 e. The van der Waals surface area contributed by atoms with Crippen LogP contribution in [0.4, 0.5) is 30.2 Å². The average Bonchev–Trinajstić information content (AvgIpc) is 2.77. The number of aromatic nitrogens is 2. The first kappa shape index (κ1) is 23.1. The summed E-state index contributed by atoms with van der Waals surface area (Å²) in [6.45, 7) is 1.22. The van der Waals surface area contributed by atoms with Crippen molar-refractivity contribution in [2.24, 2.45) is 0 Å². The molecular formula is C20H18F3N5O3S. The molecule has 0 aliphatic rings. The highest BCUT2D eigenvalue weighted by atomic mass is 32.2. The van der Waals surface area contributed by atoms with Gasteiger partial charge in [0, 0.05) is 0 Å². The highest BCUT2D eigenvalue weighted by molar-refractivity contribution is 7.92. The highest BCUT2D eigenvalue weighted by Gasteiger charge is 2.20. The minimum Gasteiger partial charge on any atom is -0.477 e. The molecule has 2 N–H and O–H groups in total. The largest absolute Gasteiger partial charge is 0.477 e. The maximum Gasteiger partial charge on any atom is 0.232 e. The fourth-order valence-corrected chi connectivity index (χ4v) is 3.92. The van der Waals surface area contributed by atoms with Crippen molar-refractivity contribution in [1.82, 2.24) is 9.97 Å². The first-order valence-electron chi connectivity index (χ1n) is 9.43. The third kappa shape index (κ3) is 5.00. The Morgan fingerprint density at radius 2 is 1.94 bits per heavy atom. The maximum atomic E-state index is 15.0. The summed E-state index contributed by atoms with van der Waals surface area (Å²) in [6.07, 6.45) is 1.12.